The van der Waals surface area contributed by atoms with Crippen LogP contribution < -0.4 is 11.3 Å². The minimum atomic E-state index is 0.202. The molecule has 3 N–H and O–H groups in total. The van der Waals surface area contributed by atoms with Gasteiger partial charge < -0.3 is 0 Å². The minimum absolute atomic E-state index is 0.202. The topological polar surface area (TPSA) is 41.3 Å². The van der Waals surface area contributed by atoms with Crippen molar-refractivity contribution < 1.29 is 0 Å². The largest absolute Gasteiger partial charge is 0.297 e. The third-order valence-corrected chi connectivity index (χ3v) is 4.50. The third kappa shape index (κ3) is 4.22. The van der Waals surface area contributed by atoms with Crippen molar-refractivity contribution >= 4 is 0 Å². The Kier molecular flexibility index (Phi) is 8.83. The van der Waals surface area contributed by atoms with Crippen molar-refractivity contribution in [3.63, 3.8) is 0 Å². The molecule has 3 nitrogen and oxygen atoms in total. The van der Waals surface area contributed by atoms with Gasteiger partial charge in [0.25, 0.3) is 0 Å². The highest BCUT2D eigenvalue weighted by molar-refractivity contribution is 4.97. The van der Waals surface area contributed by atoms with Gasteiger partial charge in [-0.1, -0.05) is 41.5 Å². The molecule has 0 saturated heterocycles. The molecule has 0 aliphatic heterocycles. The standard InChI is InChI=1S/C15H35N3/c1-7-15(8-2,18(9-3)10-4)14(17-16)12-11-13(5)6/h13-14,17H,7-12,16H2,1-6H3. The molecule has 0 aliphatic carbocycles. The fourth-order valence-electron chi connectivity index (χ4n) is 3.27. The van der Waals surface area contributed by atoms with E-state index in [-0.39, 0.29) is 5.54 Å². The van der Waals surface area contributed by atoms with Crippen molar-refractivity contribution in [3.05, 3.63) is 0 Å². The van der Waals surface area contributed by atoms with Gasteiger partial charge in [0.15, 0.2) is 0 Å². The Balaban J connectivity index is 5.00. The van der Waals surface area contributed by atoms with Gasteiger partial charge in [0.1, 0.15) is 0 Å². The predicted molar refractivity (Wildman–Crippen MR) is 81.4 cm³/mol. The molecule has 0 aromatic carbocycles. The summed E-state index contributed by atoms with van der Waals surface area (Å²) in [5, 5.41) is 0. The molecule has 0 aromatic rings. The Bertz CT molecular complexity index is 196. The molecule has 0 radical (unpaired) electrons. The fraction of sp³-hybridized carbons (Fsp3) is 1.00. The van der Waals surface area contributed by atoms with E-state index in [1.165, 1.54) is 6.42 Å². The van der Waals surface area contributed by atoms with E-state index in [2.05, 4.69) is 51.9 Å². The van der Waals surface area contributed by atoms with Gasteiger partial charge in [-0.25, -0.2) is 0 Å². The van der Waals surface area contributed by atoms with Crippen LogP contribution in [0.25, 0.3) is 0 Å². The summed E-state index contributed by atoms with van der Waals surface area (Å²) in [4.78, 5) is 2.58. The lowest BCUT2D eigenvalue weighted by Gasteiger charge is -2.48. The predicted octanol–water partition coefficient (Wildman–Crippen LogP) is 3.16. The minimum Gasteiger partial charge on any atom is -0.297 e. The number of rotatable bonds is 10. The summed E-state index contributed by atoms with van der Waals surface area (Å²) in [6, 6.07) is 0.384. The van der Waals surface area contributed by atoms with Crippen molar-refractivity contribution in [1.29, 1.82) is 0 Å². The zero-order valence-electron chi connectivity index (χ0n) is 13.4. The maximum atomic E-state index is 5.87. The zero-order chi connectivity index (χ0) is 14.2. The molecular weight excluding hydrogens is 222 g/mol. The van der Waals surface area contributed by atoms with E-state index in [4.69, 9.17) is 5.84 Å². The number of hydrogen-bond acceptors (Lipinski definition) is 3. The van der Waals surface area contributed by atoms with Gasteiger partial charge in [0.05, 0.1) is 0 Å². The second-order valence-electron chi connectivity index (χ2n) is 5.67. The van der Waals surface area contributed by atoms with Crippen molar-refractivity contribution in [3.8, 4) is 0 Å². The molecular formula is C15H35N3. The first kappa shape index (κ1) is 17.9. The second kappa shape index (κ2) is 8.89. The van der Waals surface area contributed by atoms with Crippen LogP contribution >= 0.6 is 0 Å². The van der Waals surface area contributed by atoms with Gasteiger partial charge in [-0.05, 0) is 44.7 Å². The molecule has 0 saturated carbocycles. The molecule has 0 spiro atoms. The van der Waals surface area contributed by atoms with Crippen LogP contribution in [-0.4, -0.2) is 29.6 Å². The van der Waals surface area contributed by atoms with Crippen LogP contribution in [0.5, 0.6) is 0 Å². The Morgan fingerprint density at radius 2 is 1.50 bits per heavy atom. The first-order valence-electron chi connectivity index (χ1n) is 7.73. The lowest BCUT2D eigenvalue weighted by atomic mass is 9.79. The molecule has 1 atom stereocenters. The number of nitrogens with zero attached hydrogens (tertiary/aromatic N) is 1. The summed E-state index contributed by atoms with van der Waals surface area (Å²) in [5.41, 5.74) is 3.31. The van der Waals surface area contributed by atoms with Crippen LogP contribution in [0.2, 0.25) is 0 Å². The monoisotopic (exact) mass is 257 g/mol. The Hall–Kier alpha value is -0.120. The quantitative estimate of drug-likeness (QED) is 0.466. The van der Waals surface area contributed by atoms with Crippen LogP contribution in [0.3, 0.4) is 0 Å². The summed E-state index contributed by atoms with van der Waals surface area (Å²) in [7, 11) is 0. The molecule has 3 heteroatoms. The van der Waals surface area contributed by atoms with E-state index in [0.29, 0.717) is 6.04 Å². The molecule has 18 heavy (non-hydrogen) atoms. The number of nitrogens with two attached hydrogens (primary N) is 1. The summed E-state index contributed by atoms with van der Waals surface area (Å²) in [5.74, 6) is 6.61. The summed E-state index contributed by atoms with van der Waals surface area (Å²) in [6.45, 7) is 15.8. The van der Waals surface area contributed by atoms with Crippen LogP contribution in [0.4, 0.5) is 0 Å². The van der Waals surface area contributed by atoms with Gasteiger partial charge in [0.2, 0.25) is 0 Å². The van der Waals surface area contributed by atoms with Gasteiger partial charge in [-0.2, -0.15) is 0 Å². The SMILES string of the molecule is CCN(CC)C(CC)(CC)C(CCC(C)C)NN. The molecule has 0 bridgehead atoms. The van der Waals surface area contributed by atoms with Crippen molar-refractivity contribution in [2.24, 2.45) is 11.8 Å². The van der Waals surface area contributed by atoms with E-state index >= 15 is 0 Å². The first-order valence-corrected chi connectivity index (χ1v) is 7.73. The maximum Gasteiger partial charge on any atom is 0.0394 e. The van der Waals surface area contributed by atoms with Crippen molar-refractivity contribution in [1.82, 2.24) is 10.3 Å². The molecule has 110 valence electrons. The number of hydrazine groups is 1. The molecule has 0 aromatic heterocycles. The van der Waals surface area contributed by atoms with Crippen LogP contribution in [0.1, 0.15) is 67.2 Å². The molecule has 0 aliphatic rings. The van der Waals surface area contributed by atoms with Crippen LogP contribution in [0, 0.1) is 5.92 Å². The Morgan fingerprint density at radius 3 is 1.78 bits per heavy atom. The van der Waals surface area contributed by atoms with E-state index in [1.807, 2.05) is 0 Å². The summed E-state index contributed by atoms with van der Waals surface area (Å²) in [6.07, 6.45) is 4.69. The number of hydrogen-bond donors (Lipinski definition) is 2. The first-order chi connectivity index (χ1) is 8.52. The molecule has 1 unspecified atom stereocenters. The van der Waals surface area contributed by atoms with Gasteiger partial charge in [-0.15, -0.1) is 0 Å². The third-order valence-electron chi connectivity index (χ3n) is 4.50. The Morgan fingerprint density at radius 1 is 1.00 bits per heavy atom. The average molecular weight is 257 g/mol. The average Bonchev–Trinajstić information content (AvgIpc) is 2.37. The molecule has 0 amide bonds. The smallest absolute Gasteiger partial charge is 0.0394 e. The molecule has 0 fully saturated rings. The van der Waals surface area contributed by atoms with Crippen molar-refractivity contribution in [2.45, 2.75) is 78.8 Å². The summed E-state index contributed by atoms with van der Waals surface area (Å²) >= 11 is 0. The van der Waals surface area contributed by atoms with Crippen molar-refractivity contribution in [2.75, 3.05) is 13.1 Å². The van der Waals surface area contributed by atoms with Gasteiger partial charge in [-0.3, -0.25) is 16.2 Å². The lowest BCUT2D eigenvalue weighted by molar-refractivity contribution is 0.0442. The normalized spacial score (nSPS) is 14.5. The van der Waals surface area contributed by atoms with Gasteiger partial charge in [0, 0.05) is 11.6 Å². The zero-order valence-corrected chi connectivity index (χ0v) is 13.4. The number of nitrogens with one attached hydrogen (secondary N) is 1. The fourth-order valence-corrected chi connectivity index (χ4v) is 3.27. The van der Waals surface area contributed by atoms with Crippen LogP contribution in [-0.2, 0) is 0 Å². The van der Waals surface area contributed by atoms with E-state index in [1.54, 1.807) is 0 Å². The number of likely N-dealkylation sites (N-methyl/N-ethyl adjacent to an activating group) is 1. The molecule has 0 heterocycles. The second-order valence-corrected chi connectivity index (χ2v) is 5.67. The Labute approximate surface area is 114 Å². The summed E-state index contributed by atoms with van der Waals surface area (Å²) < 4.78 is 0. The lowest BCUT2D eigenvalue weighted by Crippen LogP contribution is -2.62. The van der Waals surface area contributed by atoms with E-state index in [0.717, 1.165) is 38.3 Å². The van der Waals surface area contributed by atoms with E-state index < -0.39 is 0 Å². The van der Waals surface area contributed by atoms with E-state index in [9.17, 15) is 0 Å². The highest BCUT2D eigenvalue weighted by atomic mass is 15.3. The van der Waals surface area contributed by atoms with Crippen LogP contribution in [0.15, 0.2) is 0 Å². The van der Waals surface area contributed by atoms with Gasteiger partial charge >= 0.3 is 0 Å². The highest BCUT2D eigenvalue weighted by Gasteiger charge is 2.38. The maximum absolute atomic E-state index is 5.87. The highest BCUT2D eigenvalue weighted by Crippen LogP contribution is 2.30. The molecule has 0 rings (SSSR count).